The number of para-hydroxylation sites is 1. The van der Waals surface area contributed by atoms with Crippen molar-refractivity contribution in [1.29, 1.82) is 0 Å². The van der Waals surface area contributed by atoms with Gasteiger partial charge < -0.3 is 10.2 Å². The molecule has 0 spiro atoms. The van der Waals surface area contributed by atoms with Crippen molar-refractivity contribution in [3.8, 4) is 0 Å². The summed E-state index contributed by atoms with van der Waals surface area (Å²) in [5.41, 5.74) is 4.36. The van der Waals surface area contributed by atoms with Gasteiger partial charge in [0, 0.05) is 23.8 Å². The molecule has 1 aliphatic heterocycles. The Morgan fingerprint density at radius 3 is 2.44 bits per heavy atom. The predicted molar refractivity (Wildman–Crippen MR) is 79.4 cm³/mol. The number of aryl methyl sites for hydroxylation is 2. The van der Waals surface area contributed by atoms with Gasteiger partial charge in [-0.3, -0.25) is 0 Å². The lowest BCUT2D eigenvalue weighted by Crippen LogP contribution is -2.52. The maximum absolute atomic E-state index is 3.56. The summed E-state index contributed by atoms with van der Waals surface area (Å²) in [6.45, 7) is 13.6. The second kappa shape index (κ2) is 4.93. The van der Waals surface area contributed by atoms with Gasteiger partial charge in [-0.1, -0.05) is 18.2 Å². The zero-order chi connectivity index (χ0) is 13.3. The molecule has 0 saturated carbocycles. The molecule has 0 radical (unpaired) electrons. The van der Waals surface area contributed by atoms with Gasteiger partial charge in [-0.15, -0.1) is 0 Å². The van der Waals surface area contributed by atoms with Gasteiger partial charge in [-0.05, 0) is 58.7 Å². The van der Waals surface area contributed by atoms with Gasteiger partial charge in [0.25, 0.3) is 0 Å². The van der Waals surface area contributed by atoms with Gasteiger partial charge in [0.1, 0.15) is 0 Å². The van der Waals surface area contributed by atoms with Crippen LogP contribution in [0.1, 0.15) is 38.3 Å². The largest absolute Gasteiger partial charge is 0.362 e. The molecule has 1 unspecified atom stereocenters. The Bertz CT molecular complexity index is 403. The summed E-state index contributed by atoms with van der Waals surface area (Å²) >= 11 is 0. The van der Waals surface area contributed by atoms with Crippen LogP contribution in [0.3, 0.4) is 0 Å². The Hall–Kier alpha value is -1.02. The fourth-order valence-electron chi connectivity index (χ4n) is 3.22. The summed E-state index contributed by atoms with van der Waals surface area (Å²) in [5, 5.41) is 3.56. The minimum absolute atomic E-state index is 0.160. The van der Waals surface area contributed by atoms with E-state index in [2.05, 4.69) is 63.0 Å². The minimum atomic E-state index is 0.160. The van der Waals surface area contributed by atoms with Crippen molar-refractivity contribution in [3.05, 3.63) is 29.3 Å². The quantitative estimate of drug-likeness (QED) is 0.818. The molecule has 2 rings (SSSR count). The molecule has 1 heterocycles. The van der Waals surface area contributed by atoms with Gasteiger partial charge in [0.15, 0.2) is 0 Å². The van der Waals surface area contributed by atoms with Gasteiger partial charge in [0.05, 0.1) is 0 Å². The van der Waals surface area contributed by atoms with Crippen LogP contribution in [0.5, 0.6) is 0 Å². The smallest absolute Gasteiger partial charge is 0.0473 e. The second-order valence-corrected chi connectivity index (χ2v) is 6.24. The number of nitrogens with one attached hydrogen (secondary N) is 1. The predicted octanol–water partition coefficient (Wildman–Crippen LogP) is 3.27. The first kappa shape index (κ1) is 13.4. The van der Waals surface area contributed by atoms with E-state index in [4.69, 9.17) is 0 Å². The van der Waals surface area contributed by atoms with E-state index in [1.807, 2.05) is 0 Å². The summed E-state index contributed by atoms with van der Waals surface area (Å²) in [4.78, 5) is 2.62. The van der Waals surface area contributed by atoms with E-state index in [1.165, 1.54) is 23.2 Å². The van der Waals surface area contributed by atoms with Gasteiger partial charge in [-0.2, -0.15) is 0 Å². The van der Waals surface area contributed by atoms with Crippen LogP contribution < -0.4 is 10.2 Å². The Morgan fingerprint density at radius 1 is 1.22 bits per heavy atom. The number of hydrogen-bond acceptors (Lipinski definition) is 2. The van der Waals surface area contributed by atoms with Crippen LogP contribution in [-0.4, -0.2) is 24.7 Å². The summed E-state index contributed by atoms with van der Waals surface area (Å²) in [5.74, 6) is 0. The van der Waals surface area contributed by atoms with Crippen molar-refractivity contribution in [2.24, 2.45) is 0 Å². The molecule has 1 aromatic rings. The summed E-state index contributed by atoms with van der Waals surface area (Å²) < 4.78 is 0. The van der Waals surface area contributed by atoms with E-state index in [-0.39, 0.29) is 5.54 Å². The average molecular weight is 246 g/mol. The zero-order valence-corrected chi connectivity index (χ0v) is 12.4. The lowest BCUT2D eigenvalue weighted by atomic mass is 9.96. The number of nitrogens with zero attached hydrogens (tertiary/aromatic N) is 1. The zero-order valence-electron chi connectivity index (χ0n) is 12.4. The number of hydrogen-bond donors (Lipinski definition) is 1. The first-order chi connectivity index (χ1) is 8.43. The average Bonchev–Trinajstić information content (AvgIpc) is 2.40. The molecule has 1 aliphatic rings. The first-order valence-corrected chi connectivity index (χ1v) is 7.00. The van der Waals surface area contributed by atoms with Crippen LogP contribution in [0.4, 0.5) is 5.69 Å². The van der Waals surface area contributed by atoms with E-state index in [0.717, 1.165) is 13.1 Å². The topological polar surface area (TPSA) is 15.3 Å². The van der Waals surface area contributed by atoms with Crippen molar-refractivity contribution in [3.63, 3.8) is 0 Å². The van der Waals surface area contributed by atoms with E-state index in [9.17, 15) is 0 Å². The van der Waals surface area contributed by atoms with Crippen molar-refractivity contribution in [1.82, 2.24) is 5.32 Å². The Balaban J connectivity index is 2.50. The molecule has 1 N–H and O–H groups in total. The lowest BCUT2D eigenvalue weighted by molar-refractivity contribution is 0.431. The third kappa shape index (κ3) is 2.39. The maximum atomic E-state index is 3.56. The molecule has 0 aliphatic carbocycles. The molecular formula is C16H26N2. The van der Waals surface area contributed by atoms with Crippen LogP contribution in [0.15, 0.2) is 18.2 Å². The molecule has 1 fully saturated rings. The summed E-state index contributed by atoms with van der Waals surface area (Å²) in [6.07, 6.45) is 1.21. The number of rotatable bonds is 1. The van der Waals surface area contributed by atoms with E-state index in [0.29, 0.717) is 6.04 Å². The molecule has 1 saturated heterocycles. The van der Waals surface area contributed by atoms with Gasteiger partial charge in [0.2, 0.25) is 0 Å². The molecular weight excluding hydrogens is 220 g/mol. The van der Waals surface area contributed by atoms with Crippen LogP contribution in [0, 0.1) is 13.8 Å². The molecule has 18 heavy (non-hydrogen) atoms. The van der Waals surface area contributed by atoms with Crippen molar-refractivity contribution in [2.75, 3.05) is 18.0 Å². The highest BCUT2D eigenvalue weighted by molar-refractivity contribution is 5.61. The molecule has 2 heteroatoms. The Kier molecular flexibility index (Phi) is 3.67. The van der Waals surface area contributed by atoms with Crippen LogP contribution >= 0.6 is 0 Å². The Morgan fingerprint density at radius 2 is 1.83 bits per heavy atom. The molecule has 0 bridgehead atoms. The first-order valence-electron chi connectivity index (χ1n) is 7.00. The Labute approximate surface area is 111 Å². The number of anilines is 1. The van der Waals surface area contributed by atoms with E-state index < -0.39 is 0 Å². The van der Waals surface area contributed by atoms with Gasteiger partial charge in [-0.25, -0.2) is 0 Å². The lowest BCUT2D eigenvalue weighted by Gasteiger charge is -2.44. The van der Waals surface area contributed by atoms with Gasteiger partial charge >= 0.3 is 0 Å². The molecule has 100 valence electrons. The maximum Gasteiger partial charge on any atom is 0.0473 e. The van der Waals surface area contributed by atoms with E-state index in [1.54, 1.807) is 0 Å². The van der Waals surface area contributed by atoms with Crippen molar-refractivity contribution in [2.45, 2.75) is 52.6 Å². The highest BCUT2D eigenvalue weighted by Gasteiger charge is 2.33. The highest BCUT2D eigenvalue weighted by Crippen LogP contribution is 2.34. The molecule has 0 amide bonds. The van der Waals surface area contributed by atoms with Crippen molar-refractivity contribution >= 4 is 5.69 Å². The monoisotopic (exact) mass is 246 g/mol. The van der Waals surface area contributed by atoms with E-state index >= 15 is 0 Å². The minimum Gasteiger partial charge on any atom is -0.362 e. The van der Waals surface area contributed by atoms with Crippen LogP contribution in [0.2, 0.25) is 0 Å². The normalized spacial score (nSPS) is 23.8. The highest BCUT2D eigenvalue weighted by atomic mass is 15.3. The third-order valence-electron chi connectivity index (χ3n) is 4.07. The molecule has 2 nitrogen and oxygen atoms in total. The summed E-state index contributed by atoms with van der Waals surface area (Å²) in [6, 6.07) is 7.18. The van der Waals surface area contributed by atoms with Crippen molar-refractivity contribution < 1.29 is 0 Å². The molecule has 1 aromatic carbocycles. The third-order valence-corrected chi connectivity index (χ3v) is 4.07. The number of benzene rings is 1. The SMILES string of the molecule is Cc1cccc(C)c1N1C(C)CCNCC1(C)C. The fourth-order valence-corrected chi connectivity index (χ4v) is 3.22. The molecule has 1 atom stereocenters. The standard InChI is InChI=1S/C16H26N2/c1-12-7-6-8-13(2)15(12)18-14(3)9-10-17-11-16(18,4)5/h6-8,14,17H,9-11H2,1-5H3. The fraction of sp³-hybridized carbons (Fsp3) is 0.625. The molecule has 0 aromatic heterocycles. The van der Waals surface area contributed by atoms with Crippen LogP contribution in [-0.2, 0) is 0 Å². The van der Waals surface area contributed by atoms with Crippen LogP contribution in [0.25, 0.3) is 0 Å². The second-order valence-electron chi connectivity index (χ2n) is 6.24. The summed E-state index contributed by atoms with van der Waals surface area (Å²) in [7, 11) is 0.